The lowest BCUT2D eigenvalue weighted by molar-refractivity contribution is -0.129. The number of nitrogens with one attached hydrogen (secondary N) is 1. The SMILES string of the molecule is CC(=O)N(CCCOC(=O)Nc1ccc(C2=C=CC=C2)cc1)Cc1cc(C(C)(C)C)cc(C(C)(C)C)c1. The fourth-order valence-electron chi connectivity index (χ4n) is 4.03. The summed E-state index contributed by atoms with van der Waals surface area (Å²) in [5.41, 5.74) is 9.55. The van der Waals surface area contributed by atoms with Gasteiger partial charge in [-0.1, -0.05) is 78.0 Å². The summed E-state index contributed by atoms with van der Waals surface area (Å²) in [5.74, 6) is 0.00470. The Bertz CT molecular complexity index is 1190. The third-order valence-electron chi connectivity index (χ3n) is 6.39. The van der Waals surface area contributed by atoms with Gasteiger partial charge in [0.25, 0.3) is 0 Å². The Kier molecular flexibility index (Phi) is 8.83. The van der Waals surface area contributed by atoms with Crippen LogP contribution in [-0.4, -0.2) is 30.1 Å². The van der Waals surface area contributed by atoms with E-state index in [0.29, 0.717) is 25.2 Å². The van der Waals surface area contributed by atoms with Crippen molar-refractivity contribution in [3.05, 3.63) is 88.7 Å². The lowest BCUT2D eigenvalue weighted by Gasteiger charge is -2.28. The Morgan fingerprint density at radius 1 is 0.946 bits per heavy atom. The minimum atomic E-state index is -0.505. The molecule has 196 valence electrons. The van der Waals surface area contributed by atoms with Crippen molar-refractivity contribution in [2.24, 2.45) is 0 Å². The summed E-state index contributed by atoms with van der Waals surface area (Å²) in [6, 6.07) is 14.2. The summed E-state index contributed by atoms with van der Waals surface area (Å²) in [7, 11) is 0. The van der Waals surface area contributed by atoms with Gasteiger partial charge in [-0.3, -0.25) is 10.1 Å². The molecule has 0 bridgehead atoms. The molecule has 0 saturated heterocycles. The molecule has 2 amide bonds. The maximum atomic E-state index is 12.4. The summed E-state index contributed by atoms with van der Waals surface area (Å²) in [6.45, 7) is 16.1. The summed E-state index contributed by atoms with van der Waals surface area (Å²) in [6.07, 6.45) is 5.86. The number of rotatable bonds is 8. The van der Waals surface area contributed by atoms with E-state index in [4.69, 9.17) is 4.74 Å². The van der Waals surface area contributed by atoms with Gasteiger partial charge < -0.3 is 9.64 Å². The quantitative estimate of drug-likeness (QED) is 0.304. The summed E-state index contributed by atoms with van der Waals surface area (Å²) in [4.78, 5) is 26.5. The molecule has 0 aliphatic heterocycles. The zero-order valence-electron chi connectivity index (χ0n) is 23.3. The van der Waals surface area contributed by atoms with Crippen LogP contribution < -0.4 is 5.32 Å². The van der Waals surface area contributed by atoms with Gasteiger partial charge >= 0.3 is 6.09 Å². The summed E-state index contributed by atoms with van der Waals surface area (Å²) >= 11 is 0. The van der Waals surface area contributed by atoms with Crippen LogP contribution in [-0.2, 0) is 26.9 Å². The summed E-state index contributed by atoms with van der Waals surface area (Å²) < 4.78 is 5.36. The molecule has 5 nitrogen and oxygen atoms in total. The minimum Gasteiger partial charge on any atom is -0.449 e. The van der Waals surface area contributed by atoms with Gasteiger partial charge in [-0.05, 0) is 63.8 Å². The van der Waals surface area contributed by atoms with Gasteiger partial charge in [0.15, 0.2) is 0 Å². The van der Waals surface area contributed by atoms with Crippen LogP contribution in [0.25, 0.3) is 5.57 Å². The van der Waals surface area contributed by atoms with Gasteiger partial charge in [0.05, 0.1) is 6.61 Å². The first-order chi connectivity index (χ1) is 17.3. The topological polar surface area (TPSA) is 58.6 Å². The smallest absolute Gasteiger partial charge is 0.411 e. The number of ether oxygens (including phenoxy) is 1. The van der Waals surface area contributed by atoms with E-state index in [2.05, 4.69) is 70.8 Å². The standard InChI is InChI=1S/C32H40N2O3/c1-23(35)34(22-24-19-27(31(2,3)4)21-28(20-24)32(5,6)7)17-10-18-37-30(36)33-29-15-13-26(14-16-29)25-11-8-9-12-25/h8-9,11,13-16,19-21H,10,17-18,22H2,1-7H3,(H,33,36). The zero-order chi connectivity index (χ0) is 27.2. The number of nitrogens with zero attached hydrogens (tertiary/aromatic N) is 1. The van der Waals surface area contributed by atoms with Crippen LogP contribution in [0.15, 0.2) is 66.4 Å². The highest BCUT2D eigenvalue weighted by Gasteiger charge is 2.21. The molecule has 0 spiro atoms. The Morgan fingerprint density at radius 2 is 1.57 bits per heavy atom. The molecule has 0 saturated carbocycles. The molecule has 0 unspecified atom stereocenters. The first-order valence-corrected chi connectivity index (χ1v) is 12.9. The Hall–Kier alpha value is -3.56. The van der Waals surface area contributed by atoms with Crippen LogP contribution in [0, 0.1) is 0 Å². The molecule has 0 radical (unpaired) electrons. The molecule has 1 aliphatic rings. The Labute approximate surface area is 221 Å². The van der Waals surface area contributed by atoms with E-state index in [1.807, 2.05) is 47.4 Å². The van der Waals surface area contributed by atoms with E-state index in [1.165, 1.54) is 11.1 Å². The Balaban J connectivity index is 1.54. The average molecular weight is 501 g/mol. The highest BCUT2D eigenvalue weighted by atomic mass is 16.5. The molecule has 3 rings (SSSR count). The molecule has 1 N–H and O–H groups in total. The predicted molar refractivity (Wildman–Crippen MR) is 152 cm³/mol. The number of carbonyl (C=O) groups is 2. The monoisotopic (exact) mass is 500 g/mol. The highest BCUT2D eigenvalue weighted by molar-refractivity contribution is 5.85. The fourth-order valence-corrected chi connectivity index (χ4v) is 4.03. The van der Waals surface area contributed by atoms with E-state index in [0.717, 1.165) is 16.7 Å². The van der Waals surface area contributed by atoms with Crippen molar-refractivity contribution in [2.75, 3.05) is 18.5 Å². The molecule has 2 aromatic carbocycles. The molecule has 5 heteroatoms. The number of allylic oxidation sites excluding steroid dienone is 3. The maximum Gasteiger partial charge on any atom is 0.411 e. The van der Waals surface area contributed by atoms with Crippen molar-refractivity contribution < 1.29 is 14.3 Å². The van der Waals surface area contributed by atoms with Crippen molar-refractivity contribution in [1.29, 1.82) is 0 Å². The second-order valence-corrected chi connectivity index (χ2v) is 11.6. The van der Waals surface area contributed by atoms with E-state index in [1.54, 1.807) is 6.92 Å². The second-order valence-electron chi connectivity index (χ2n) is 11.6. The van der Waals surface area contributed by atoms with Gasteiger partial charge in [0, 0.05) is 31.3 Å². The van der Waals surface area contributed by atoms with E-state index < -0.39 is 6.09 Å². The van der Waals surface area contributed by atoms with Gasteiger partial charge in [-0.2, -0.15) is 0 Å². The van der Waals surface area contributed by atoms with Gasteiger partial charge in [0.2, 0.25) is 5.91 Å². The molecule has 0 fully saturated rings. The van der Waals surface area contributed by atoms with Gasteiger partial charge in [-0.15, -0.1) is 5.73 Å². The maximum absolute atomic E-state index is 12.4. The van der Waals surface area contributed by atoms with Crippen molar-refractivity contribution in [2.45, 2.75) is 72.3 Å². The van der Waals surface area contributed by atoms with Gasteiger partial charge in [-0.25, -0.2) is 4.79 Å². The minimum absolute atomic E-state index is 0.00470. The molecular formula is C32H40N2O3. The van der Waals surface area contributed by atoms with Crippen molar-refractivity contribution in [1.82, 2.24) is 4.90 Å². The second kappa shape index (κ2) is 11.7. The number of hydrogen-bond acceptors (Lipinski definition) is 3. The van der Waals surface area contributed by atoms with Crippen LogP contribution in [0.5, 0.6) is 0 Å². The third kappa shape index (κ3) is 8.23. The van der Waals surface area contributed by atoms with E-state index in [9.17, 15) is 9.59 Å². The van der Waals surface area contributed by atoms with Crippen LogP contribution in [0.3, 0.4) is 0 Å². The lowest BCUT2D eigenvalue weighted by atomic mass is 9.79. The van der Waals surface area contributed by atoms with E-state index >= 15 is 0 Å². The molecular weight excluding hydrogens is 460 g/mol. The van der Waals surface area contributed by atoms with Gasteiger partial charge in [0.1, 0.15) is 0 Å². The Morgan fingerprint density at radius 3 is 2.08 bits per heavy atom. The van der Waals surface area contributed by atoms with Crippen molar-refractivity contribution in [3.8, 4) is 0 Å². The normalized spacial score (nSPS) is 12.9. The van der Waals surface area contributed by atoms with Crippen LogP contribution in [0.2, 0.25) is 0 Å². The first kappa shape index (κ1) is 28.0. The largest absolute Gasteiger partial charge is 0.449 e. The number of amides is 2. The number of carbonyl (C=O) groups excluding carboxylic acids is 2. The molecule has 2 aromatic rings. The average Bonchev–Trinajstić information content (AvgIpc) is 3.35. The predicted octanol–water partition coefficient (Wildman–Crippen LogP) is 7.38. The number of hydrogen-bond donors (Lipinski definition) is 1. The fraction of sp³-hybridized carbons (Fsp3) is 0.406. The molecule has 37 heavy (non-hydrogen) atoms. The van der Waals surface area contributed by atoms with Crippen LogP contribution in [0.4, 0.5) is 10.5 Å². The highest BCUT2D eigenvalue weighted by Crippen LogP contribution is 2.31. The lowest BCUT2D eigenvalue weighted by Crippen LogP contribution is -2.30. The zero-order valence-corrected chi connectivity index (χ0v) is 23.3. The molecule has 0 atom stereocenters. The molecule has 0 aromatic heterocycles. The van der Waals surface area contributed by atoms with Crippen LogP contribution in [0.1, 0.15) is 77.1 Å². The number of anilines is 1. The summed E-state index contributed by atoms with van der Waals surface area (Å²) in [5, 5.41) is 2.75. The van der Waals surface area contributed by atoms with Crippen molar-refractivity contribution in [3.63, 3.8) is 0 Å². The van der Waals surface area contributed by atoms with Crippen molar-refractivity contribution >= 4 is 23.3 Å². The first-order valence-electron chi connectivity index (χ1n) is 12.9. The van der Waals surface area contributed by atoms with Crippen LogP contribution >= 0.6 is 0 Å². The molecule has 1 aliphatic carbocycles. The van der Waals surface area contributed by atoms with E-state index in [-0.39, 0.29) is 23.3 Å². The molecule has 0 heterocycles. The number of benzene rings is 2. The third-order valence-corrected chi connectivity index (χ3v) is 6.39.